The van der Waals surface area contributed by atoms with Crippen LogP contribution in [-0.4, -0.2) is 32.8 Å². The van der Waals surface area contributed by atoms with Crippen LogP contribution in [-0.2, 0) is 20.6 Å². The summed E-state index contributed by atoms with van der Waals surface area (Å²) >= 11 is 0.154. The number of anilines is 1. The van der Waals surface area contributed by atoms with Gasteiger partial charge in [0.05, 0.1) is 24.3 Å². The minimum absolute atomic E-state index is 0.0504. The maximum Gasteiger partial charge on any atom is 0.445 e. The van der Waals surface area contributed by atoms with E-state index in [-0.39, 0.29) is 33.9 Å². The van der Waals surface area contributed by atoms with Gasteiger partial charge in [0.2, 0.25) is 27.9 Å². The molecule has 12 heteroatoms. The Morgan fingerprint density at radius 1 is 1.15 bits per heavy atom. The predicted octanol–water partition coefficient (Wildman–Crippen LogP) is 3.57. The van der Waals surface area contributed by atoms with Gasteiger partial charge < -0.3 is 5.32 Å². The molecule has 5 atom stereocenters. The van der Waals surface area contributed by atoms with Gasteiger partial charge in [-0.15, -0.1) is 10.2 Å². The van der Waals surface area contributed by atoms with Crippen LogP contribution in [0.4, 0.5) is 22.7 Å². The van der Waals surface area contributed by atoms with E-state index in [1.54, 1.807) is 0 Å². The van der Waals surface area contributed by atoms with Crippen molar-refractivity contribution in [3.63, 3.8) is 0 Å². The lowest BCUT2D eigenvalue weighted by Gasteiger charge is -2.28. The smallest absolute Gasteiger partial charge is 0.300 e. The van der Waals surface area contributed by atoms with Crippen molar-refractivity contribution in [3.05, 3.63) is 52.8 Å². The van der Waals surface area contributed by atoms with Crippen molar-refractivity contribution in [2.24, 2.45) is 23.7 Å². The van der Waals surface area contributed by atoms with Gasteiger partial charge in [-0.3, -0.25) is 19.3 Å². The van der Waals surface area contributed by atoms with Crippen molar-refractivity contribution in [3.8, 4) is 0 Å². The Kier molecular flexibility index (Phi) is 5.07. The summed E-state index contributed by atoms with van der Waals surface area (Å²) in [6, 6.07) is 4.10. The van der Waals surface area contributed by atoms with Crippen LogP contribution in [0.2, 0.25) is 0 Å². The van der Waals surface area contributed by atoms with Crippen LogP contribution in [0.3, 0.4) is 0 Å². The molecule has 1 aromatic carbocycles. The van der Waals surface area contributed by atoms with Crippen LogP contribution in [0.5, 0.6) is 0 Å². The Bertz CT molecular complexity index is 1150. The van der Waals surface area contributed by atoms with E-state index in [9.17, 15) is 31.9 Å². The molecule has 5 rings (SSSR count). The summed E-state index contributed by atoms with van der Waals surface area (Å²) in [6.07, 6.45) is -0.588. The first kappa shape index (κ1) is 21.7. The molecule has 2 aliphatic carbocycles. The van der Waals surface area contributed by atoms with E-state index in [0.29, 0.717) is 0 Å². The molecule has 1 saturated carbocycles. The zero-order valence-electron chi connectivity index (χ0n) is 16.8. The normalized spacial score (nSPS) is 26.7. The molecule has 0 spiro atoms. The zero-order valence-corrected chi connectivity index (χ0v) is 17.6. The number of aromatic nitrogens is 2. The molecule has 1 aliphatic heterocycles. The quantitative estimate of drug-likeness (QED) is 0.401. The Hall–Kier alpha value is -3.15. The summed E-state index contributed by atoms with van der Waals surface area (Å²) in [5.74, 6) is -3.35. The van der Waals surface area contributed by atoms with Gasteiger partial charge in [-0.25, -0.2) is 4.39 Å². The van der Waals surface area contributed by atoms with Crippen LogP contribution in [0, 0.1) is 29.5 Å². The minimum atomic E-state index is -4.70. The fourth-order valence-electron chi connectivity index (χ4n) is 5.04. The average molecular weight is 480 g/mol. The molecule has 2 fully saturated rings. The van der Waals surface area contributed by atoms with Gasteiger partial charge in [-0.05, 0) is 36.0 Å². The molecule has 0 radical (unpaired) electrons. The van der Waals surface area contributed by atoms with Crippen molar-refractivity contribution in [1.29, 1.82) is 0 Å². The summed E-state index contributed by atoms with van der Waals surface area (Å²) < 4.78 is 52.2. The molecular formula is C21H16F4N4O3S. The second-order valence-electron chi connectivity index (χ2n) is 8.28. The number of benzene rings is 1. The summed E-state index contributed by atoms with van der Waals surface area (Å²) in [5.41, 5.74) is 0.236. The van der Waals surface area contributed by atoms with Gasteiger partial charge in [-0.2, -0.15) is 13.2 Å². The van der Waals surface area contributed by atoms with Gasteiger partial charge in [0.1, 0.15) is 5.82 Å². The number of hydrogen-bond acceptors (Lipinski definition) is 6. The lowest BCUT2D eigenvalue weighted by atomic mass is 9.85. The van der Waals surface area contributed by atoms with Gasteiger partial charge in [-0.1, -0.05) is 35.6 Å². The zero-order chi connectivity index (χ0) is 23.5. The largest absolute Gasteiger partial charge is 0.445 e. The van der Waals surface area contributed by atoms with Crippen molar-refractivity contribution in [2.75, 3.05) is 5.32 Å². The second kappa shape index (κ2) is 7.72. The van der Waals surface area contributed by atoms with E-state index in [1.807, 2.05) is 12.2 Å². The SMILES string of the molecule is O=C(CC(c1cccc(F)c1)N1C(=O)C2C3C=CC(C3)C2C1=O)Nc1nnc(C(F)(F)F)s1. The van der Waals surface area contributed by atoms with Gasteiger partial charge in [0.15, 0.2) is 0 Å². The Morgan fingerprint density at radius 2 is 1.82 bits per heavy atom. The monoisotopic (exact) mass is 480 g/mol. The summed E-state index contributed by atoms with van der Waals surface area (Å²) in [7, 11) is 0. The molecule has 1 aromatic heterocycles. The van der Waals surface area contributed by atoms with Gasteiger partial charge in [0, 0.05) is 0 Å². The van der Waals surface area contributed by atoms with E-state index >= 15 is 0 Å². The van der Waals surface area contributed by atoms with Gasteiger partial charge in [0.25, 0.3) is 0 Å². The molecule has 2 aromatic rings. The van der Waals surface area contributed by atoms with E-state index in [0.717, 1.165) is 17.4 Å². The number of amides is 3. The molecule has 2 bridgehead atoms. The summed E-state index contributed by atoms with van der Waals surface area (Å²) in [5, 5.41) is 6.97. The number of hydrogen-bond donors (Lipinski definition) is 1. The van der Waals surface area contributed by atoms with Crippen LogP contribution in [0.1, 0.15) is 29.5 Å². The van der Waals surface area contributed by atoms with Crippen molar-refractivity contribution in [1.82, 2.24) is 15.1 Å². The summed E-state index contributed by atoms with van der Waals surface area (Å²) in [6.45, 7) is 0. The number of allylic oxidation sites excluding steroid dienone is 2. The molecule has 1 N–H and O–H groups in total. The first-order valence-electron chi connectivity index (χ1n) is 10.1. The highest BCUT2D eigenvalue weighted by Gasteiger charge is 2.60. The first-order chi connectivity index (χ1) is 15.6. The molecule has 5 unspecified atom stereocenters. The Morgan fingerprint density at radius 3 is 2.39 bits per heavy atom. The third kappa shape index (κ3) is 3.71. The third-order valence-corrected chi connectivity index (χ3v) is 7.23. The number of carbonyl (C=O) groups excluding carboxylic acids is 3. The van der Waals surface area contributed by atoms with Crippen LogP contribution < -0.4 is 5.32 Å². The molecule has 3 amide bonds. The molecular weight excluding hydrogens is 464 g/mol. The number of rotatable bonds is 5. The number of alkyl halides is 3. The highest BCUT2D eigenvalue weighted by atomic mass is 32.1. The van der Waals surface area contributed by atoms with Crippen LogP contribution in [0.25, 0.3) is 0 Å². The molecule has 1 saturated heterocycles. The van der Waals surface area contributed by atoms with Crippen molar-refractivity contribution in [2.45, 2.75) is 25.1 Å². The van der Waals surface area contributed by atoms with Crippen LogP contribution in [0.15, 0.2) is 36.4 Å². The fraction of sp³-hybridized carbons (Fsp3) is 0.381. The maximum atomic E-state index is 14.0. The topological polar surface area (TPSA) is 92.3 Å². The lowest BCUT2D eigenvalue weighted by Crippen LogP contribution is -2.38. The average Bonchev–Trinajstić information content (AvgIpc) is 3.51. The third-order valence-electron chi connectivity index (χ3n) is 6.34. The number of nitrogens with zero attached hydrogens (tertiary/aromatic N) is 3. The fourth-order valence-corrected chi connectivity index (χ4v) is 5.67. The molecule has 3 aliphatic rings. The molecule has 33 heavy (non-hydrogen) atoms. The Labute approximate surface area is 188 Å². The number of halogens is 4. The lowest BCUT2D eigenvalue weighted by molar-refractivity contribution is -0.144. The maximum absolute atomic E-state index is 14.0. The first-order valence-corrected chi connectivity index (χ1v) is 11.0. The molecule has 2 heterocycles. The van der Waals surface area contributed by atoms with Crippen molar-refractivity contribution < 1.29 is 31.9 Å². The van der Waals surface area contributed by atoms with E-state index in [1.165, 1.54) is 18.2 Å². The number of likely N-dealkylation sites (tertiary alicyclic amines) is 1. The van der Waals surface area contributed by atoms with Crippen molar-refractivity contribution >= 4 is 34.2 Å². The second-order valence-corrected chi connectivity index (χ2v) is 9.26. The standard InChI is InChI=1S/C21H16F4N4O3S/c22-12-3-1-2-9(7-12)13(8-14(30)26-20-28-27-19(33-20)21(23,24)25)29-17(31)15-10-4-5-11(6-10)16(15)18(29)32/h1-5,7,10-11,13,15-16H,6,8H2,(H,26,28,30). The van der Waals surface area contributed by atoms with E-state index in [4.69, 9.17) is 0 Å². The minimum Gasteiger partial charge on any atom is -0.300 e. The Balaban J connectivity index is 1.41. The molecule has 7 nitrogen and oxygen atoms in total. The number of nitrogens with one attached hydrogen (secondary N) is 1. The number of imide groups is 1. The summed E-state index contributed by atoms with van der Waals surface area (Å²) in [4.78, 5) is 40.2. The molecule has 172 valence electrons. The van der Waals surface area contributed by atoms with E-state index < -0.39 is 59.0 Å². The highest BCUT2D eigenvalue weighted by Crippen LogP contribution is 2.54. The van der Waals surface area contributed by atoms with Crippen LogP contribution >= 0.6 is 11.3 Å². The number of carbonyl (C=O) groups is 3. The van der Waals surface area contributed by atoms with E-state index in [2.05, 4.69) is 15.5 Å². The van der Waals surface area contributed by atoms with Gasteiger partial charge >= 0.3 is 6.18 Å². The number of fused-ring (bicyclic) bond motifs is 5. The highest BCUT2D eigenvalue weighted by molar-refractivity contribution is 7.15. The predicted molar refractivity (Wildman–Crippen MR) is 107 cm³/mol.